The van der Waals surface area contributed by atoms with Gasteiger partial charge < -0.3 is 4.74 Å². The van der Waals surface area contributed by atoms with E-state index in [-0.39, 0.29) is 0 Å². The molecule has 0 aromatic rings. The molecule has 0 aliphatic heterocycles. The number of ether oxygens (including phenoxy) is 1. The second-order valence-corrected chi connectivity index (χ2v) is 9.38. The Morgan fingerprint density at radius 3 is 1.88 bits per heavy atom. The van der Waals surface area contributed by atoms with Gasteiger partial charge in [-0.1, -0.05) is 45.4 Å². The van der Waals surface area contributed by atoms with Gasteiger partial charge in [-0.25, -0.2) is 0 Å². The van der Waals surface area contributed by atoms with Crippen molar-refractivity contribution >= 4 is 0 Å². The Kier molecular flexibility index (Phi) is 7.50. The van der Waals surface area contributed by atoms with Crippen LogP contribution in [0.4, 0.5) is 0 Å². The van der Waals surface area contributed by atoms with Crippen molar-refractivity contribution in [2.24, 2.45) is 29.6 Å². The summed E-state index contributed by atoms with van der Waals surface area (Å²) < 4.78 is 5.67. The van der Waals surface area contributed by atoms with Crippen LogP contribution in [0.1, 0.15) is 103 Å². The van der Waals surface area contributed by atoms with Gasteiger partial charge in [0.25, 0.3) is 0 Å². The molecule has 0 aromatic carbocycles. The molecule has 0 amide bonds. The van der Waals surface area contributed by atoms with Gasteiger partial charge in [-0.3, -0.25) is 0 Å². The Bertz CT molecular complexity index is 336. The van der Waals surface area contributed by atoms with E-state index < -0.39 is 0 Å². The van der Waals surface area contributed by atoms with Crippen molar-refractivity contribution in [2.45, 2.75) is 109 Å². The molecule has 3 aliphatic carbocycles. The van der Waals surface area contributed by atoms with E-state index in [0.29, 0.717) is 6.10 Å². The summed E-state index contributed by atoms with van der Waals surface area (Å²) >= 11 is 0. The van der Waals surface area contributed by atoms with Crippen LogP contribution in [0.3, 0.4) is 0 Å². The van der Waals surface area contributed by atoms with Gasteiger partial charge in [-0.2, -0.15) is 0 Å². The maximum absolute atomic E-state index is 5.67. The smallest absolute Gasteiger partial charge is 0.0574 e. The Balaban J connectivity index is 1.38. The summed E-state index contributed by atoms with van der Waals surface area (Å²) in [4.78, 5) is 0. The van der Waals surface area contributed by atoms with E-state index in [2.05, 4.69) is 6.92 Å². The lowest BCUT2D eigenvalue weighted by atomic mass is 9.65. The van der Waals surface area contributed by atoms with Crippen molar-refractivity contribution in [2.75, 3.05) is 7.11 Å². The minimum Gasteiger partial charge on any atom is -0.381 e. The van der Waals surface area contributed by atoms with E-state index in [1.54, 1.807) is 38.5 Å². The third-order valence-electron chi connectivity index (χ3n) is 8.01. The molecule has 3 fully saturated rings. The average Bonchev–Trinajstić information content (AvgIpc) is 2.67. The lowest BCUT2D eigenvalue weighted by molar-refractivity contribution is 0.0246. The molecular formula is C23H42O. The van der Waals surface area contributed by atoms with Gasteiger partial charge in [0.05, 0.1) is 6.10 Å². The molecule has 0 unspecified atom stereocenters. The first-order chi connectivity index (χ1) is 11.8. The molecule has 3 saturated carbocycles. The number of methoxy groups -OCH3 is 1. The Morgan fingerprint density at radius 2 is 1.29 bits per heavy atom. The van der Waals surface area contributed by atoms with Crippen molar-refractivity contribution in [3.8, 4) is 0 Å². The lowest BCUT2D eigenvalue weighted by Crippen LogP contribution is -2.31. The van der Waals surface area contributed by atoms with Crippen LogP contribution in [-0.4, -0.2) is 13.2 Å². The second kappa shape index (κ2) is 9.60. The predicted molar refractivity (Wildman–Crippen MR) is 103 cm³/mol. The molecular weight excluding hydrogens is 292 g/mol. The van der Waals surface area contributed by atoms with Crippen LogP contribution < -0.4 is 0 Å². The zero-order chi connectivity index (χ0) is 16.8. The molecule has 0 bridgehead atoms. The summed E-state index contributed by atoms with van der Waals surface area (Å²) in [6.45, 7) is 2.34. The SMILES string of the molecule is CCCC[C@H]1CC[C@H](C2CCC([C@H]3CCC[C@@H](OC)C3)CC2)CC1. The predicted octanol–water partition coefficient (Wildman–Crippen LogP) is 6.99. The molecule has 0 heterocycles. The largest absolute Gasteiger partial charge is 0.381 e. The highest BCUT2D eigenvalue weighted by Gasteiger charge is 2.34. The van der Waals surface area contributed by atoms with Gasteiger partial charge >= 0.3 is 0 Å². The maximum Gasteiger partial charge on any atom is 0.0574 e. The first-order valence-corrected chi connectivity index (χ1v) is 11.3. The average molecular weight is 335 g/mol. The lowest BCUT2D eigenvalue weighted by Gasteiger charge is -2.41. The van der Waals surface area contributed by atoms with Crippen LogP contribution in [0, 0.1) is 29.6 Å². The van der Waals surface area contributed by atoms with E-state index >= 15 is 0 Å². The molecule has 0 radical (unpaired) electrons. The monoisotopic (exact) mass is 334 g/mol. The quantitative estimate of drug-likeness (QED) is 0.508. The standard InChI is InChI=1S/C23H42O/c1-3-4-6-18-9-11-19(12-10-18)20-13-15-21(16-14-20)22-7-5-8-23(17-22)24-2/h18-23H,3-17H2,1-2H3/t18-,19-,20?,21?,22-,23+/m0/s1. The van der Waals surface area contributed by atoms with Crippen molar-refractivity contribution in [1.29, 1.82) is 0 Å². The third-order valence-corrected chi connectivity index (χ3v) is 8.01. The number of unbranched alkanes of at least 4 members (excludes halogenated alkanes) is 1. The molecule has 0 N–H and O–H groups in total. The fourth-order valence-electron chi connectivity index (χ4n) is 6.35. The van der Waals surface area contributed by atoms with E-state index in [9.17, 15) is 0 Å². The number of rotatable bonds is 6. The van der Waals surface area contributed by atoms with Crippen LogP contribution in [0.2, 0.25) is 0 Å². The van der Waals surface area contributed by atoms with Crippen LogP contribution in [-0.2, 0) is 4.74 Å². The molecule has 1 nitrogen and oxygen atoms in total. The van der Waals surface area contributed by atoms with E-state index in [1.165, 1.54) is 57.8 Å². The minimum absolute atomic E-state index is 0.569. The molecule has 24 heavy (non-hydrogen) atoms. The summed E-state index contributed by atoms with van der Waals surface area (Å²) in [6.07, 6.45) is 22.8. The minimum atomic E-state index is 0.569. The summed E-state index contributed by atoms with van der Waals surface area (Å²) in [5.41, 5.74) is 0. The molecule has 1 heteroatoms. The fourth-order valence-corrected chi connectivity index (χ4v) is 6.35. The molecule has 0 saturated heterocycles. The summed E-state index contributed by atoms with van der Waals surface area (Å²) in [5.74, 6) is 5.25. The van der Waals surface area contributed by atoms with Crippen molar-refractivity contribution < 1.29 is 4.74 Å². The highest BCUT2D eigenvalue weighted by molar-refractivity contribution is 4.86. The highest BCUT2D eigenvalue weighted by atomic mass is 16.5. The van der Waals surface area contributed by atoms with Gasteiger partial charge in [0.15, 0.2) is 0 Å². The summed E-state index contributed by atoms with van der Waals surface area (Å²) in [7, 11) is 1.92. The Hall–Kier alpha value is -0.0400. The van der Waals surface area contributed by atoms with Crippen LogP contribution in [0.25, 0.3) is 0 Å². The topological polar surface area (TPSA) is 9.23 Å². The van der Waals surface area contributed by atoms with E-state index in [4.69, 9.17) is 4.74 Å². The molecule has 0 spiro atoms. The maximum atomic E-state index is 5.67. The zero-order valence-electron chi connectivity index (χ0n) is 16.5. The van der Waals surface area contributed by atoms with Gasteiger partial charge in [0.2, 0.25) is 0 Å². The van der Waals surface area contributed by atoms with E-state index in [1.807, 2.05) is 7.11 Å². The number of hydrogen-bond acceptors (Lipinski definition) is 1. The van der Waals surface area contributed by atoms with Crippen molar-refractivity contribution in [1.82, 2.24) is 0 Å². The van der Waals surface area contributed by atoms with Gasteiger partial charge in [0, 0.05) is 7.11 Å². The van der Waals surface area contributed by atoms with Crippen LogP contribution >= 0.6 is 0 Å². The molecule has 3 rings (SSSR count). The fraction of sp³-hybridized carbons (Fsp3) is 1.00. The molecule has 140 valence electrons. The first kappa shape index (κ1) is 18.7. The van der Waals surface area contributed by atoms with Gasteiger partial charge in [0.1, 0.15) is 0 Å². The van der Waals surface area contributed by atoms with E-state index in [0.717, 1.165) is 29.6 Å². The Labute approximate surface area is 151 Å². The molecule has 0 aromatic heterocycles. The number of hydrogen-bond donors (Lipinski definition) is 0. The summed E-state index contributed by atoms with van der Waals surface area (Å²) in [6, 6.07) is 0. The van der Waals surface area contributed by atoms with Crippen molar-refractivity contribution in [3.63, 3.8) is 0 Å². The normalized spacial score (nSPS) is 41.2. The molecule has 2 atom stereocenters. The summed E-state index contributed by atoms with van der Waals surface area (Å²) in [5, 5.41) is 0. The van der Waals surface area contributed by atoms with Crippen LogP contribution in [0.15, 0.2) is 0 Å². The third kappa shape index (κ3) is 4.99. The van der Waals surface area contributed by atoms with Crippen LogP contribution in [0.5, 0.6) is 0 Å². The molecule has 3 aliphatic rings. The second-order valence-electron chi connectivity index (χ2n) is 9.38. The van der Waals surface area contributed by atoms with Crippen molar-refractivity contribution in [3.05, 3.63) is 0 Å². The zero-order valence-corrected chi connectivity index (χ0v) is 16.5. The van der Waals surface area contributed by atoms with Gasteiger partial charge in [-0.15, -0.1) is 0 Å². The van der Waals surface area contributed by atoms with Gasteiger partial charge in [-0.05, 0) is 87.4 Å². The highest BCUT2D eigenvalue weighted by Crippen LogP contribution is 2.45. The Morgan fingerprint density at radius 1 is 0.708 bits per heavy atom. The first-order valence-electron chi connectivity index (χ1n) is 11.3.